The lowest BCUT2D eigenvalue weighted by Gasteiger charge is -2.42. The minimum Gasteiger partial charge on any atom is -0.481 e. The fourth-order valence-corrected chi connectivity index (χ4v) is 4.20. The molecule has 0 aliphatic carbocycles. The average molecular weight is 463 g/mol. The molecule has 0 bridgehead atoms. The van der Waals surface area contributed by atoms with E-state index in [1.807, 2.05) is 19.2 Å². The number of carbonyl (C=O) groups is 2. The van der Waals surface area contributed by atoms with Gasteiger partial charge in [-0.1, -0.05) is 58.4 Å². The van der Waals surface area contributed by atoms with Gasteiger partial charge in [0, 0.05) is 17.8 Å². The highest BCUT2D eigenvalue weighted by Crippen LogP contribution is 2.39. The number of carboxylic acids is 1. The van der Waals surface area contributed by atoms with E-state index in [9.17, 15) is 14.7 Å². The molecular weight excluding hydrogens is 424 g/mol. The van der Waals surface area contributed by atoms with Crippen LogP contribution in [0.1, 0.15) is 79.4 Å². The first-order valence-electron chi connectivity index (χ1n) is 11.4. The highest BCUT2D eigenvalue weighted by atomic mass is 35.5. The van der Waals surface area contributed by atoms with E-state index in [2.05, 4.69) is 52.1 Å². The molecule has 0 saturated carbocycles. The van der Waals surface area contributed by atoms with Gasteiger partial charge in [0.2, 0.25) is 0 Å². The van der Waals surface area contributed by atoms with Crippen molar-refractivity contribution in [1.29, 1.82) is 0 Å². The first-order valence-corrected chi connectivity index (χ1v) is 11.8. The number of nitrogens with one attached hydrogen (secondary N) is 1. The fraction of sp³-hybridized carbons (Fsp3) is 0.615. The zero-order valence-electron chi connectivity index (χ0n) is 20.8. The van der Waals surface area contributed by atoms with Gasteiger partial charge in [-0.3, -0.25) is 4.79 Å². The molecule has 1 heterocycles. The minimum atomic E-state index is -0.900. The molecule has 32 heavy (non-hydrogen) atoms. The molecule has 2 rings (SSSR count). The van der Waals surface area contributed by atoms with Crippen LogP contribution in [-0.2, 0) is 16.8 Å². The lowest BCUT2D eigenvalue weighted by Crippen LogP contribution is -2.55. The Balaban J connectivity index is 2.34. The Labute approximate surface area is 198 Å². The molecule has 5 nitrogen and oxygen atoms in total. The molecule has 1 aliphatic heterocycles. The van der Waals surface area contributed by atoms with Gasteiger partial charge in [0.25, 0.3) is 0 Å². The van der Waals surface area contributed by atoms with Gasteiger partial charge in [-0.2, -0.15) is 0 Å². The maximum absolute atomic E-state index is 13.0. The highest BCUT2D eigenvalue weighted by Gasteiger charge is 2.40. The zero-order valence-corrected chi connectivity index (χ0v) is 21.6. The van der Waals surface area contributed by atoms with Gasteiger partial charge in [-0.25, -0.2) is 4.79 Å². The van der Waals surface area contributed by atoms with Crippen LogP contribution in [0, 0.1) is 16.7 Å². The van der Waals surface area contributed by atoms with Crippen LogP contribution in [0.5, 0.6) is 0 Å². The number of carboxylic acid groups (broad SMARTS) is 1. The molecular formula is C26H39ClN2O3. The van der Waals surface area contributed by atoms with Gasteiger partial charge >= 0.3 is 12.0 Å². The predicted octanol–water partition coefficient (Wildman–Crippen LogP) is 6.60. The largest absolute Gasteiger partial charge is 0.481 e. The average Bonchev–Trinajstić information content (AvgIpc) is 2.65. The third-order valence-electron chi connectivity index (χ3n) is 6.44. The summed E-state index contributed by atoms with van der Waals surface area (Å²) >= 11 is 6.66. The smallest absolute Gasteiger partial charge is 0.322 e. The molecule has 1 atom stereocenters. The summed E-state index contributed by atoms with van der Waals surface area (Å²) in [6.45, 7) is 16.6. The quantitative estimate of drug-likeness (QED) is 0.457. The van der Waals surface area contributed by atoms with Gasteiger partial charge < -0.3 is 15.3 Å². The lowest BCUT2D eigenvalue weighted by molar-refractivity contribution is -0.147. The van der Waals surface area contributed by atoms with Crippen molar-refractivity contribution in [2.75, 3.05) is 6.54 Å². The van der Waals surface area contributed by atoms with Crippen LogP contribution in [0.15, 0.2) is 30.0 Å². The Bertz CT molecular complexity index is 899. The zero-order chi connectivity index (χ0) is 24.5. The molecule has 1 aliphatic rings. The number of halogens is 1. The van der Waals surface area contributed by atoms with Crippen LogP contribution in [-0.4, -0.2) is 28.6 Å². The van der Waals surface area contributed by atoms with Gasteiger partial charge in [0.05, 0.1) is 11.0 Å². The number of aryl methyl sites for hydroxylation is 1. The van der Waals surface area contributed by atoms with Gasteiger partial charge in [-0.05, 0) is 74.1 Å². The van der Waals surface area contributed by atoms with Gasteiger partial charge in [0.15, 0.2) is 0 Å². The van der Waals surface area contributed by atoms with E-state index in [0.717, 1.165) is 34.6 Å². The standard InChI is InChI=1S/C26H39ClN2O3/c1-17(2)20-16-29(14-13-25(6,7)22(30)31)23(32)28-26(20,8)19-10-9-18(21(27)15-19)11-12-24(3,4)5/h9-10,15-17H,11-14H2,1-8H3,(H,28,32)(H,30,31)/t26-/m1/s1. The molecule has 6 heteroatoms. The molecule has 178 valence electrons. The number of hydrogen-bond acceptors (Lipinski definition) is 2. The summed E-state index contributed by atoms with van der Waals surface area (Å²) in [7, 11) is 0. The summed E-state index contributed by atoms with van der Waals surface area (Å²) in [4.78, 5) is 26.0. The maximum atomic E-state index is 13.0. The molecule has 0 unspecified atom stereocenters. The fourth-order valence-electron chi connectivity index (χ4n) is 3.92. The number of hydrogen-bond donors (Lipinski definition) is 2. The summed E-state index contributed by atoms with van der Waals surface area (Å²) in [5, 5.41) is 13.3. The van der Waals surface area contributed by atoms with Crippen LogP contribution in [0.3, 0.4) is 0 Å². The number of nitrogens with zero attached hydrogens (tertiary/aromatic N) is 1. The number of aliphatic carboxylic acids is 1. The molecule has 0 saturated heterocycles. The van der Waals surface area contributed by atoms with Crippen molar-refractivity contribution in [2.24, 2.45) is 16.7 Å². The molecule has 1 aromatic carbocycles. The van der Waals surface area contributed by atoms with Crippen LogP contribution in [0.4, 0.5) is 4.79 Å². The van der Waals surface area contributed by atoms with Crippen molar-refractivity contribution < 1.29 is 14.7 Å². The summed E-state index contributed by atoms with van der Waals surface area (Å²) in [6.07, 6.45) is 4.20. The van der Waals surface area contributed by atoms with E-state index in [1.165, 1.54) is 0 Å². The van der Waals surface area contributed by atoms with Gasteiger partial charge in [-0.15, -0.1) is 0 Å². The number of benzene rings is 1. The third kappa shape index (κ3) is 6.06. The normalized spacial score (nSPS) is 19.8. The van der Waals surface area contributed by atoms with E-state index in [-0.39, 0.29) is 17.4 Å². The van der Waals surface area contributed by atoms with Crippen molar-refractivity contribution >= 4 is 23.6 Å². The van der Waals surface area contributed by atoms with Crippen molar-refractivity contribution in [3.63, 3.8) is 0 Å². The summed E-state index contributed by atoms with van der Waals surface area (Å²) in [6, 6.07) is 5.87. The Morgan fingerprint density at radius 2 is 1.81 bits per heavy atom. The van der Waals surface area contributed by atoms with Crippen LogP contribution >= 0.6 is 11.6 Å². The number of urea groups is 1. The minimum absolute atomic E-state index is 0.176. The lowest BCUT2D eigenvalue weighted by atomic mass is 9.77. The number of carbonyl (C=O) groups excluding carboxylic acids is 1. The first-order chi connectivity index (χ1) is 14.6. The Hall–Kier alpha value is -2.01. The van der Waals surface area contributed by atoms with Gasteiger partial charge in [0.1, 0.15) is 0 Å². The molecule has 0 fully saturated rings. The van der Waals surface area contributed by atoms with E-state index in [1.54, 1.807) is 18.7 Å². The van der Waals surface area contributed by atoms with Crippen molar-refractivity contribution in [3.8, 4) is 0 Å². The molecule has 1 aromatic rings. The topological polar surface area (TPSA) is 69.6 Å². The molecule has 2 N–H and O–H groups in total. The highest BCUT2D eigenvalue weighted by molar-refractivity contribution is 6.31. The molecule has 0 aromatic heterocycles. The maximum Gasteiger partial charge on any atom is 0.322 e. The monoisotopic (exact) mass is 462 g/mol. The summed E-state index contributed by atoms with van der Waals surface area (Å²) in [5.74, 6) is -0.691. The van der Waals surface area contributed by atoms with E-state index in [0.29, 0.717) is 13.0 Å². The second-order valence-electron chi connectivity index (χ2n) is 11.3. The molecule has 0 spiro atoms. The van der Waals surface area contributed by atoms with Crippen molar-refractivity contribution in [2.45, 2.75) is 80.2 Å². The van der Waals surface area contributed by atoms with Crippen molar-refractivity contribution in [3.05, 3.63) is 46.1 Å². The predicted molar refractivity (Wildman–Crippen MR) is 131 cm³/mol. The van der Waals surface area contributed by atoms with Crippen LogP contribution in [0.2, 0.25) is 5.02 Å². The molecule has 0 radical (unpaired) electrons. The Kier molecular flexibility index (Phi) is 7.76. The Morgan fingerprint density at radius 1 is 1.19 bits per heavy atom. The number of rotatable bonds is 8. The second kappa shape index (κ2) is 9.46. The summed E-state index contributed by atoms with van der Waals surface area (Å²) < 4.78 is 0. The second-order valence-corrected chi connectivity index (χ2v) is 11.7. The van der Waals surface area contributed by atoms with Crippen LogP contribution < -0.4 is 5.32 Å². The van der Waals surface area contributed by atoms with E-state index < -0.39 is 16.9 Å². The van der Waals surface area contributed by atoms with Crippen LogP contribution in [0.25, 0.3) is 0 Å². The Morgan fingerprint density at radius 3 is 2.31 bits per heavy atom. The molecule has 2 amide bonds. The summed E-state index contributed by atoms with van der Waals surface area (Å²) in [5.41, 5.74) is 1.77. The first kappa shape index (κ1) is 26.2. The van der Waals surface area contributed by atoms with E-state index >= 15 is 0 Å². The van der Waals surface area contributed by atoms with E-state index in [4.69, 9.17) is 11.6 Å². The van der Waals surface area contributed by atoms with Crippen molar-refractivity contribution in [1.82, 2.24) is 10.2 Å². The third-order valence-corrected chi connectivity index (χ3v) is 6.80. The number of amides is 2. The SMILES string of the molecule is CC(C)C1=CN(CCC(C)(C)C(=O)O)C(=O)N[C@]1(C)c1ccc(CCC(C)(C)C)c(Cl)c1.